The number of aromatic nitrogens is 1. The molecule has 7 heteroatoms. The summed E-state index contributed by atoms with van der Waals surface area (Å²) in [5, 5.41) is 6.20. The van der Waals surface area contributed by atoms with Gasteiger partial charge in [-0.2, -0.15) is 13.2 Å². The average molecular weight is 401 g/mol. The maximum absolute atomic E-state index is 12.9. The van der Waals surface area contributed by atoms with Crippen LogP contribution in [-0.4, -0.2) is 23.6 Å². The highest BCUT2D eigenvalue weighted by Crippen LogP contribution is 2.41. The zero-order chi connectivity index (χ0) is 18.9. The second-order valence-electron chi connectivity index (χ2n) is 7.65. The number of thiazole rings is 1. The number of piperidine rings is 1. The minimum atomic E-state index is -4.29. The number of alkyl halides is 3. The summed E-state index contributed by atoms with van der Waals surface area (Å²) in [4.78, 5) is 4.99. The van der Waals surface area contributed by atoms with Gasteiger partial charge in [0.25, 0.3) is 0 Å². The van der Waals surface area contributed by atoms with E-state index in [1.54, 1.807) is 12.1 Å². The topological polar surface area (TPSA) is 24.9 Å². The van der Waals surface area contributed by atoms with Crippen LogP contribution in [0.2, 0.25) is 0 Å². The first kappa shape index (κ1) is 19.7. The summed E-state index contributed by atoms with van der Waals surface area (Å²) in [5.41, 5.74) is -1.80. The molecule has 1 saturated heterocycles. The maximum atomic E-state index is 12.9. The molecule has 0 amide bonds. The normalized spacial score (nSPS) is 16.8. The third kappa shape index (κ3) is 5.02. The van der Waals surface area contributed by atoms with Crippen LogP contribution in [0.4, 0.5) is 13.2 Å². The van der Waals surface area contributed by atoms with Gasteiger partial charge in [0.1, 0.15) is 5.01 Å². The summed E-state index contributed by atoms with van der Waals surface area (Å²) in [6.07, 6.45) is 2.11. The van der Waals surface area contributed by atoms with E-state index in [1.807, 2.05) is 26.8 Å². The summed E-state index contributed by atoms with van der Waals surface area (Å²) in [6, 6.07) is 5.23. The van der Waals surface area contributed by atoms with Crippen molar-refractivity contribution in [1.29, 1.82) is 0 Å². The zero-order valence-electron chi connectivity index (χ0n) is 15.1. The molecule has 1 aliphatic heterocycles. The Morgan fingerprint density at radius 1 is 1.12 bits per heavy atom. The fourth-order valence-electron chi connectivity index (χ4n) is 3.07. The van der Waals surface area contributed by atoms with Gasteiger partial charge < -0.3 is 5.32 Å². The molecule has 0 unspecified atom stereocenters. The maximum Gasteiger partial charge on any atom is 0.446 e. The van der Waals surface area contributed by atoms with Gasteiger partial charge in [-0.25, -0.2) is 4.98 Å². The lowest BCUT2D eigenvalue weighted by atomic mass is 9.86. The van der Waals surface area contributed by atoms with Crippen molar-refractivity contribution >= 4 is 23.1 Å². The molecule has 2 heterocycles. The minimum absolute atomic E-state index is 0.0567. The summed E-state index contributed by atoms with van der Waals surface area (Å²) >= 11 is 1.46. The Hall–Kier alpha value is -1.05. The van der Waals surface area contributed by atoms with Crippen LogP contribution in [0.5, 0.6) is 0 Å². The van der Waals surface area contributed by atoms with Crippen molar-refractivity contribution in [2.45, 2.75) is 55.3 Å². The van der Waals surface area contributed by atoms with E-state index < -0.39 is 5.51 Å². The third-order valence-corrected chi connectivity index (χ3v) is 6.14. The van der Waals surface area contributed by atoms with Gasteiger partial charge in [0.05, 0.1) is 5.69 Å². The first-order valence-corrected chi connectivity index (χ1v) is 10.4. The standard InChI is InChI=1S/C19H23F3N2S2/c1-18(2,3)14-8-13(9-15(10-14)26-19(20,21)22)17-24-16(11-25-17)12-4-6-23-7-5-12/h8-12,23H,4-7H2,1-3H3. The van der Waals surface area contributed by atoms with Crippen molar-refractivity contribution in [2.75, 3.05) is 13.1 Å². The number of nitrogens with one attached hydrogen (secondary N) is 1. The number of rotatable bonds is 3. The second-order valence-corrected chi connectivity index (χ2v) is 9.64. The van der Waals surface area contributed by atoms with E-state index >= 15 is 0 Å². The van der Waals surface area contributed by atoms with Gasteiger partial charge in [-0.05, 0) is 66.9 Å². The van der Waals surface area contributed by atoms with Crippen LogP contribution in [0.15, 0.2) is 28.5 Å². The summed E-state index contributed by atoms with van der Waals surface area (Å²) in [6.45, 7) is 8.01. The molecule has 3 rings (SSSR count). The lowest BCUT2D eigenvalue weighted by molar-refractivity contribution is -0.0328. The monoisotopic (exact) mass is 400 g/mol. The van der Waals surface area contributed by atoms with Crippen LogP contribution >= 0.6 is 23.1 Å². The van der Waals surface area contributed by atoms with E-state index in [1.165, 1.54) is 11.3 Å². The van der Waals surface area contributed by atoms with Gasteiger partial charge in [0.2, 0.25) is 0 Å². The molecule has 26 heavy (non-hydrogen) atoms. The fraction of sp³-hybridized carbons (Fsp3) is 0.526. The summed E-state index contributed by atoms with van der Waals surface area (Å²) in [5.74, 6) is 0.441. The number of benzene rings is 1. The third-order valence-electron chi connectivity index (χ3n) is 4.53. The fourth-order valence-corrected chi connectivity index (χ4v) is 4.60. The molecule has 0 bridgehead atoms. The molecule has 142 valence electrons. The van der Waals surface area contributed by atoms with Gasteiger partial charge in [-0.3, -0.25) is 0 Å². The van der Waals surface area contributed by atoms with Crippen molar-refractivity contribution in [1.82, 2.24) is 10.3 Å². The van der Waals surface area contributed by atoms with Crippen LogP contribution < -0.4 is 5.32 Å². The lowest BCUT2D eigenvalue weighted by Gasteiger charge is -2.21. The van der Waals surface area contributed by atoms with Crippen LogP contribution in [0.25, 0.3) is 10.6 Å². The Balaban J connectivity index is 1.95. The average Bonchev–Trinajstić information content (AvgIpc) is 3.03. The highest BCUT2D eigenvalue weighted by atomic mass is 32.2. The Morgan fingerprint density at radius 2 is 1.81 bits per heavy atom. The van der Waals surface area contributed by atoms with E-state index in [0.29, 0.717) is 5.92 Å². The van der Waals surface area contributed by atoms with E-state index in [-0.39, 0.29) is 22.1 Å². The Kier molecular flexibility index (Phi) is 5.70. The predicted octanol–water partition coefficient (Wildman–Crippen LogP) is 6.19. The highest BCUT2D eigenvalue weighted by molar-refractivity contribution is 8.00. The Morgan fingerprint density at radius 3 is 2.42 bits per heavy atom. The number of hydrogen-bond acceptors (Lipinski definition) is 4. The molecule has 1 N–H and O–H groups in total. The van der Waals surface area contributed by atoms with Crippen LogP contribution in [-0.2, 0) is 5.41 Å². The van der Waals surface area contributed by atoms with E-state index in [9.17, 15) is 13.2 Å². The molecular weight excluding hydrogens is 377 g/mol. The van der Waals surface area contributed by atoms with Crippen molar-refractivity contribution < 1.29 is 13.2 Å². The molecule has 0 saturated carbocycles. The first-order chi connectivity index (χ1) is 12.1. The second kappa shape index (κ2) is 7.52. The Labute approximate surface area is 160 Å². The molecule has 0 radical (unpaired) electrons. The van der Waals surface area contributed by atoms with E-state index in [4.69, 9.17) is 4.98 Å². The molecule has 1 aromatic carbocycles. The largest absolute Gasteiger partial charge is 0.446 e. The molecule has 2 nitrogen and oxygen atoms in total. The van der Waals surface area contributed by atoms with Gasteiger partial charge in [0, 0.05) is 21.8 Å². The molecule has 0 aliphatic carbocycles. The molecule has 1 aromatic heterocycles. The van der Waals surface area contributed by atoms with Crippen LogP contribution in [0.3, 0.4) is 0 Å². The summed E-state index contributed by atoms with van der Waals surface area (Å²) < 4.78 is 38.7. The number of hydrogen-bond donors (Lipinski definition) is 1. The predicted molar refractivity (Wildman–Crippen MR) is 103 cm³/mol. The van der Waals surface area contributed by atoms with Crippen LogP contribution in [0.1, 0.15) is 50.8 Å². The van der Waals surface area contributed by atoms with Crippen molar-refractivity contribution in [3.63, 3.8) is 0 Å². The first-order valence-electron chi connectivity index (χ1n) is 8.70. The smallest absolute Gasteiger partial charge is 0.317 e. The zero-order valence-corrected chi connectivity index (χ0v) is 16.7. The molecule has 2 aromatic rings. The Bertz CT molecular complexity index is 757. The van der Waals surface area contributed by atoms with Crippen molar-refractivity contribution in [2.24, 2.45) is 0 Å². The summed E-state index contributed by atoms with van der Waals surface area (Å²) in [7, 11) is 0. The minimum Gasteiger partial charge on any atom is -0.317 e. The molecule has 1 fully saturated rings. The number of nitrogens with zero attached hydrogens (tertiary/aromatic N) is 1. The molecule has 0 spiro atoms. The highest BCUT2D eigenvalue weighted by Gasteiger charge is 2.30. The van der Waals surface area contributed by atoms with Crippen LogP contribution in [0, 0.1) is 0 Å². The SMILES string of the molecule is CC(C)(C)c1cc(SC(F)(F)F)cc(-c2nc(C3CCNCC3)cs2)c1. The van der Waals surface area contributed by atoms with E-state index in [0.717, 1.165) is 47.8 Å². The van der Waals surface area contributed by atoms with Gasteiger partial charge in [-0.15, -0.1) is 11.3 Å². The van der Waals surface area contributed by atoms with Gasteiger partial charge in [0.15, 0.2) is 0 Å². The molecule has 0 atom stereocenters. The van der Waals surface area contributed by atoms with Gasteiger partial charge >= 0.3 is 5.51 Å². The molecule has 1 aliphatic rings. The number of thioether (sulfide) groups is 1. The lowest BCUT2D eigenvalue weighted by Crippen LogP contribution is -2.26. The quantitative estimate of drug-likeness (QED) is 0.622. The van der Waals surface area contributed by atoms with Gasteiger partial charge in [-0.1, -0.05) is 20.8 Å². The van der Waals surface area contributed by atoms with Crippen molar-refractivity contribution in [3.05, 3.63) is 34.8 Å². The number of halogens is 3. The van der Waals surface area contributed by atoms with E-state index in [2.05, 4.69) is 10.7 Å². The van der Waals surface area contributed by atoms with Crippen molar-refractivity contribution in [3.8, 4) is 10.6 Å². The molecular formula is C19H23F3N2S2.